The van der Waals surface area contributed by atoms with Gasteiger partial charge in [0, 0.05) is 6.21 Å². The fraction of sp³-hybridized carbons (Fsp3) is 0.364. The second-order valence-electron chi connectivity index (χ2n) is 2.84. The lowest BCUT2D eigenvalue weighted by Gasteiger charge is -2.08. The maximum absolute atomic E-state index is 8.62. The highest BCUT2D eigenvalue weighted by atomic mass is 16.5. The van der Waals surface area contributed by atoms with E-state index in [-0.39, 0.29) is 6.61 Å². The van der Waals surface area contributed by atoms with Crippen LogP contribution < -0.4 is 9.47 Å². The molecular weight excluding hydrogens is 194 g/mol. The van der Waals surface area contributed by atoms with Gasteiger partial charge in [0.25, 0.3) is 0 Å². The lowest BCUT2D eigenvalue weighted by molar-refractivity contribution is 0.307. The van der Waals surface area contributed by atoms with Gasteiger partial charge in [0.15, 0.2) is 0 Å². The highest BCUT2D eigenvalue weighted by Gasteiger charge is 2.06. The third-order valence-electron chi connectivity index (χ3n) is 1.92. The van der Waals surface area contributed by atoms with Gasteiger partial charge in [-0.05, 0) is 12.1 Å². The minimum atomic E-state index is 0.0357. The molecule has 0 saturated carbocycles. The highest BCUT2D eigenvalue weighted by molar-refractivity contribution is 5.87. The van der Waals surface area contributed by atoms with Crippen LogP contribution >= 0.6 is 0 Å². The number of hydrogen-bond acceptors (Lipinski definition) is 4. The Morgan fingerprint density at radius 2 is 1.87 bits per heavy atom. The molecule has 0 aromatic heterocycles. The summed E-state index contributed by atoms with van der Waals surface area (Å²) < 4.78 is 10.4. The van der Waals surface area contributed by atoms with Gasteiger partial charge < -0.3 is 14.6 Å². The molecule has 1 N–H and O–H groups in total. The third kappa shape index (κ3) is 2.95. The lowest BCUT2D eigenvalue weighted by atomic mass is 10.2. The molecule has 1 aromatic carbocycles. The minimum absolute atomic E-state index is 0.0357. The summed E-state index contributed by atoms with van der Waals surface area (Å²) in [7, 11) is 3.19. The maximum Gasteiger partial charge on any atom is 0.131 e. The van der Waals surface area contributed by atoms with Crippen LogP contribution in [0.2, 0.25) is 0 Å². The summed E-state index contributed by atoms with van der Waals surface area (Å²) in [5.41, 5.74) is 0.788. The number of aliphatic hydroxyl groups is 1. The average Bonchev–Trinajstić information content (AvgIpc) is 2.29. The van der Waals surface area contributed by atoms with Crippen molar-refractivity contribution in [3.8, 4) is 11.5 Å². The van der Waals surface area contributed by atoms with Gasteiger partial charge in [-0.15, -0.1) is 0 Å². The van der Waals surface area contributed by atoms with Crippen molar-refractivity contribution in [3.05, 3.63) is 23.8 Å². The Hall–Kier alpha value is -1.55. The van der Waals surface area contributed by atoms with Gasteiger partial charge in [0.1, 0.15) is 11.5 Å². The number of aliphatic hydroxyl groups excluding tert-OH is 1. The van der Waals surface area contributed by atoms with E-state index in [0.29, 0.717) is 18.0 Å². The number of rotatable bonds is 5. The Bertz CT molecular complexity index is 314. The number of methoxy groups -OCH3 is 2. The zero-order valence-electron chi connectivity index (χ0n) is 8.93. The van der Waals surface area contributed by atoms with Crippen LogP contribution in [-0.2, 0) is 0 Å². The first kappa shape index (κ1) is 11.5. The van der Waals surface area contributed by atoms with E-state index in [2.05, 4.69) is 4.99 Å². The van der Waals surface area contributed by atoms with Crippen LogP contribution in [0.4, 0.5) is 0 Å². The van der Waals surface area contributed by atoms with E-state index in [9.17, 15) is 0 Å². The molecule has 0 radical (unpaired) electrons. The first-order chi connectivity index (χ1) is 7.33. The van der Waals surface area contributed by atoms with Crippen molar-refractivity contribution in [2.75, 3.05) is 27.4 Å². The van der Waals surface area contributed by atoms with Crippen molar-refractivity contribution in [3.63, 3.8) is 0 Å². The van der Waals surface area contributed by atoms with Crippen molar-refractivity contribution >= 4 is 6.21 Å². The predicted molar refractivity (Wildman–Crippen MR) is 59.1 cm³/mol. The first-order valence-corrected chi connectivity index (χ1v) is 4.65. The lowest BCUT2D eigenvalue weighted by Crippen LogP contribution is -1.97. The molecule has 4 heteroatoms. The number of ether oxygens (including phenoxy) is 2. The number of aliphatic imine (C=N–C) groups is 1. The Morgan fingerprint density at radius 3 is 2.33 bits per heavy atom. The summed E-state index contributed by atoms with van der Waals surface area (Å²) in [6, 6.07) is 5.52. The summed E-state index contributed by atoms with van der Waals surface area (Å²) in [6.07, 6.45) is 1.65. The second-order valence-corrected chi connectivity index (χ2v) is 2.84. The molecule has 0 fully saturated rings. The molecule has 0 heterocycles. The van der Waals surface area contributed by atoms with Gasteiger partial charge in [0.2, 0.25) is 0 Å². The molecule has 0 spiro atoms. The Labute approximate surface area is 89.2 Å². The number of benzene rings is 1. The molecule has 0 aliphatic heterocycles. The summed E-state index contributed by atoms with van der Waals surface area (Å²) >= 11 is 0. The van der Waals surface area contributed by atoms with E-state index in [4.69, 9.17) is 14.6 Å². The fourth-order valence-electron chi connectivity index (χ4n) is 1.22. The largest absolute Gasteiger partial charge is 0.496 e. The van der Waals surface area contributed by atoms with Crippen LogP contribution in [0.5, 0.6) is 11.5 Å². The van der Waals surface area contributed by atoms with Crippen LogP contribution in [0.3, 0.4) is 0 Å². The molecule has 0 unspecified atom stereocenters. The Morgan fingerprint density at radius 1 is 1.27 bits per heavy atom. The van der Waals surface area contributed by atoms with Crippen molar-refractivity contribution in [2.24, 2.45) is 4.99 Å². The summed E-state index contributed by atoms with van der Waals surface area (Å²) in [5.74, 6) is 1.41. The first-order valence-electron chi connectivity index (χ1n) is 4.65. The van der Waals surface area contributed by atoms with Crippen LogP contribution in [0, 0.1) is 0 Å². The molecule has 0 atom stereocenters. The molecule has 82 valence electrons. The number of hydrogen-bond donors (Lipinski definition) is 1. The maximum atomic E-state index is 8.62. The SMILES string of the molecule is COc1cccc(OC)c1/C=N/CCO. The average molecular weight is 209 g/mol. The third-order valence-corrected chi connectivity index (χ3v) is 1.92. The molecule has 1 aromatic rings. The zero-order valence-corrected chi connectivity index (χ0v) is 8.93. The molecule has 0 aliphatic rings. The Kier molecular flexibility index (Phi) is 4.63. The van der Waals surface area contributed by atoms with Crippen LogP contribution in [0.1, 0.15) is 5.56 Å². The van der Waals surface area contributed by atoms with E-state index >= 15 is 0 Å². The highest BCUT2D eigenvalue weighted by Crippen LogP contribution is 2.26. The fourth-order valence-corrected chi connectivity index (χ4v) is 1.22. The van der Waals surface area contributed by atoms with Gasteiger partial charge in [0.05, 0.1) is 32.9 Å². The smallest absolute Gasteiger partial charge is 0.131 e. The summed E-state index contributed by atoms with van der Waals surface area (Å²) in [4.78, 5) is 4.04. The van der Waals surface area contributed by atoms with E-state index in [0.717, 1.165) is 5.56 Å². The van der Waals surface area contributed by atoms with Gasteiger partial charge in [-0.2, -0.15) is 0 Å². The summed E-state index contributed by atoms with van der Waals surface area (Å²) in [6.45, 7) is 0.412. The zero-order chi connectivity index (χ0) is 11.1. The van der Waals surface area contributed by atoms with Crippen LogP contribution in [-0.4, -0.2) is 38.7 Å². The molecular formula is C11H15NO3. The molecule has 15 heavy (non-hydrogen) atoms. The molecule has 4 nitrogen and oxygen atoms in total. The molecule has 0 saturated heterocycles. The number of nitrogens with zero attached hydrogens (tertiary/aromatic N) is 1. The minimum Gasteiger partial charge on any atom is -0.496 e. The Balaban J connectivity index is 2.99. The predicted octanol–water partition coefficient (Wildman–Crippen LogP) is 1.11. The van der Waals surface area contributed by atoms with Gasteiger partial charge in [-0.25, -0.2) is 0 Å². The van der Waals surface area contributed by atoms with E-state index in [1.165, 1.54) is 0 Å². The van der Waals surface area contributed by atoms with E-state index in [1.54, 1.807) is 20.4 Å². The normalized spacial score (nSPS) is 10.6. The quantitative estimate of drug-likeness (QED) is 0.739. The van der Waals surface area contributed by atoms with E-state index < -0.39 is 0 Å². The second kappa shape index (κ2) is 6.03. The summed E-state index contributed by atoms with van der Waals surface area (Å²) in [5, 5.41) is 8.62. The van der Waals surface area contributed by atoms with E-state index in [1.807, 2.05) is 18.2 Å². The van der Waals surface area contributed by atoms with Crippen molar-refractivity contribution in [1.29, 1.82) is 0 Å². The van der Waals surface area contributed by atoms with Gasteiger partial charge in [-0.3, -0.25) is 4.99 Å². The van der Waals surface area contributed by atoms with Crippen LogP contribution in [0.25, 0.3) is 0 Å². The molecule has 0 aliphatic carbocycles. The molecule has 0 bridgehead atoms. The van der Waals surface area contributed by atoms with Crippen molar-refractivity contribution in [1.82, 2.24) is 0 Å². The van der Waals surface area contributed by atoms with Crippen molar-refractivity contribution < 1.29 is 14.6 Å². The monoisotopic (exact) mass is 209 g/mol. The molecule has 0 amide bonds. The van der Waals surface area contributed by atoms with Crippen LogP contribution in [0.15, 0.2) is 23.2 Å². The topological polar surface area (TPSA) is 51.0 Å². The standard InChI is InChI=1S/C11H15NO3/c1-14-10-4-3-5-11(15-2)9(10)8-12-6-7-13/h3-5,8,13H,6-7H2,1-2H3/b12-8+. The van der Waals surface area contributed by atoms with Gasteiger partial charge >= 0.3 is 0 Å². The van der Waals surface area contributed by atoms with Crippen molar-refractivity contribution in [2.45, 2.75) is 0 Å². The van der Waals surface area contributed by atoms with Gasteiger partial charge in [-0.1, -0.05) is 6.07 Å². The molecule has 1 rings (SSSR count).